The van der Waals surface area contributed by atoms with Crippen molar-refractivity contribution in [2.45, 2.75) is 33.8 Å². The van der Waals surface area contributed by atoms with Gasteiger partial charge in [0, 0.05) is 4.47 Å². The Morgan fingerprint density at radius 2 is 1.70 bits per heavy atom. The van der Waals surface area contributed by atoms with E-state index in [1.165, 1.54) is 5.56 Å². The molecule has 0 amide bonds. The van der Waals surface area contributed by atoms with Crippen molar-refractivity contribution in [2.75, 3.05) is 0 Å². The van der Waals surface area contributed by atoms with Crippen molar-refractivity contribution in [3.63, 3.8) is 0 Å². The largest absolute Gasteiger partial charge is 0.457 e. The van der Waals surface area contributed by atoms with Gasteiger partial charge in [0.1, 0.15) is 11.5 Å². The molecule has 0 aromatic heterocycles. The molecule has 2 aromatic carbocycles. The highest BCUT2D eigenvalue weighted by atomic mass is 79.9. The van der Waals surface area contributed by atoms with Gasteiger partial charge in [-0.2, -0.15) is 0 Å². The molecule has 0 spiro atoms. The van der Waals surface area contributed by atoms with Crippen LogP contribution in [0.1, 0.15) is 35.3 Å². The maximum atomic E-state index is 9.64. The van der Waals surface area contributed by atoms with Gasteiger partial charge in [0.15, 0.2) is 0 Å². The number of aliphatic hydroxyl groups is 1. The van der Waals surface area contributed by atoms with Crippen LogP contribution in [0.2, 0.25) is 0 Å². The van der Waals surface area contributed by atoms with E-state index < -0.39 is 6.10 Å². The van der Waals surface area contributed by atoms with Crippen molar-refractivity contribution < 1.29 is 9.84 Å². The molecule has 2 aromatic rings. The summed E-state index contributed by atoms with van der Waals surface area (Å²) in [7, 11) is 0. The summed E-state index contributed by atoms with van der Waals surface area (Å²) < 4.78 is 6.88. The SMILES string of the molecule is Cc1ccc(C)c(Oc2ccc([C@H](C)O)c(Br)c2)c1C. The molecule has 1 N–H and O–H groups in total. The van der Waals surface area contributed by atoms with E-state index in [2.05, 4.69) is 41.9 Å². The van der Waals surface area contributed by atoms with Gasteiger partial charge in [0.05, 0.1) is 6.10 Å². The summed E-state index contributed by atoms with van der Waals surface area (Å²) in [5.41, 5.74) is 4.34. The van der Waals surface area contributed by atoms with Crippen molar-refractivity contribution in [3.8, 4) is 11.5 Å². The first-order valence-corrected chi connectivity index (χ1v) is 7.41. The lowest BCUT2D eigenvalue weighted by Gasteiger charge is -2.15. The Kier molecular flexibility index (Phi) is 4.51. The van der Waals surface area contributed by atoms with E-state index in [0.29, 0.717) is 0 Å². The highest BCUT2D eigenvalue weighted by molar-refractivity contribution is 9.10. The van der Waals surface area contributed by atoms with Crippen LogP contribution in [0.4, 0.5) is 0 Å². The Hall–Kier alpha value is -1.32. The molecule has 20 heavy (non-hydrogen) atoms. The van der Waals surface area contributed by atoms with Gasteiger partial charge in [0.25, 0.3) is 0 Å². The maximum absolute atomic E-state index is 9.64. The first-order chi connectivity index (χ1) is 9.40. The molecule has 0 heterocycles. The zero-order valence-corrected chi connectivity index (χ0v) is 13.8. The summed E-state index contributed by atoms with van der Waals surface area (Å²) >= 11 is 3.47. The van der Waals surface area contributed by atoms with E-state index in [1.807, 2.05) is 25.1 Å². The zero-order chi connectivity index (χ0) is 14.9. The zero-order valence-electron chi connectivity index (χ0n) is 12.2. The van der Waals surface area contributed by atoms with Gasteiger partial charge in [-0.3, -0.25) is 0 Å². The third-order valence-electron chi connectivity index (χ3n) is 3.52. The molecule has 1 atom stereocenters. The Balaban J connectivity index is 2.36. The molecule has 0 aliphatic heterocycles. The molecule has 0 saturated carbocycles. The van der Waals surface area contributed by atoms with E-state index in [0.717, 1.165) is 32.7 Å². The average Bonchev–Trinajstić information content (AvgIpc) is 2.39. The van der Waals surface area contributed by atoms with Crippen molar-refractivity contribution >= 4 is 15.9 Å². The predicted molar refractivity (Wildman–Crippen MR) is 85.5 cm³/mol. The number of benzene rings is 2. The first-order valence-electron chi connectivity index (χ1n) is 6.62. The van der Waals surface area contributed by atoms with E-state index >= 15 is 0 Å². The molecule has 0 aliphatic carbocycles. The molecule has 0 radical (unpaired) electrons. The van der Waals surface area contributed by atoms with Crippen molar-refractivity contribution in [3.05, 3.63) is 57.1 Å². The molecule has 0 fully saturated rings. The van der Waals surface area contributed by atoms with Crippen LogP contribution in [-0.4, -0.2) is 5.11 Å². The molecule has 2 nitrogen and oxygen atoms in total. The third kappa shape index (κ3) is 3.05. The third-order valence-corrected chi connectivity index (χ3v) is 4.20. The predicted octanol–water partition coefficient (Wildman–Crippen LogP) is 5.22. The second kappa shape index (κ2) is 5.98. The van der Waals surface area contributed by atoms with Gasteiger partial charge in [0.2, 0.25) is 0 Å². The van der Waals surface area contributed by atoms with Gasteiger partial charge >= 0.3 is 0 Å². The first kappa shape index (κ1) is 15.1. The fourth-order valence-corrected chi connectivity index (χ4v) is 2.80. The monoisotopic (exact) mass is 334 g/mol. The highest BCUT2D eigenvalue weighted by Gasteiger charge is 2.11. The Bertz CT molecular complexity index is 633. The summed E-state index contributed by atoms with van der Waals surface area (Å²) in [6.07, 6.45) is -0.499. The van der Waals surface area contributed by atoms with E-state index in [4.69, 9.17) is 4.74 Å². The maximum Gasteiger partial charge on any atom is 0.133 e. The summed E-state index contributed by atoms with van der Waals surface area (Å²) in [6.45, 7) is 7.93. The Morgan fingerprint density at radius 1 is 1.05 bits per heavy atom. The standard InChI is InChI=1S/C17H19BrO2/c1-10-5-6-11(2)17(12(10)3)20-14-7-8-15(13(4)19)16(18)9-14/h5-9,13,19H,1-4H3/t13-/m0/s1. The van der Waals surface area contributed by atoms with Crippen LogP contribution in [0.3, 0.4) is 0 Å². The lowest BCUT2D eigenvalue weighted by Crippen LogP contribution is -1.96. The molecular weight excluding hydrogens is 316 g/mol. The quantitative estimate of drug-likeness (QED) is 0.833. The molecule has 0 bridgehead atoms. The lowest BCUT2D eigenvalue weighted by molar-refractivity contribution is 0.198. The van der Waals surface area contributed by atoms with Crippen LogP contribution in [0.25, 0.3) is 0 Å². The smallest absolute Gasteiger partial charge is 0.133 e. The van der Waals surface area contributed by atoms with Crippen LogP contribution in [0.15, 0.2) is 34.8 Å². The van der Waals surface area contributed by atoms with Gasteiger partial charge in [-0.15, -0.1) is 0 Å². The second-order valence-electron chi connectivity index (χ2n) is 5.11. The van der Waals surface area contributed by atoms with E-state index in [-0.39, 0.29) is 0 Å². The lowest BCUT2D eigenvalue weighted by atomic mass is 10.1. The van der Waals surface area contributed by atoms with Gasteiger partial charge in [-0.05, 0) is 62.1 Å². The molecule has 3 heteroatoms. The van der Waals surface area contributed by atoms with Crippen molar-refractivity contribution in [1.82, 2.24) is 0 Å². The van der Waals surface area contributed by atoms with Gasteiger partial charge in [-0.1, -0.05) is 34.1 Å². The fraction of sp³-hybridized carbons (Fsp3) is 0.294. The van der Waals surface area contributed by atoms with E-state index in [9.17, 15) is 5.11 Å². The summed E-state index contributed by atoms with van der Waals surface area (Å²) in [4.78, 5) is 0. The minimum absolute atomic E-state index is 0.499. The van der Waals surface area contributed by atoms with Crippen LogP contribution >= 0.6 is 15.9 Å². The summed E-state index contributed by atoms with van der Waals surface area (Å²) in [5, 5.41) is 9.64. The number of hydrogen-bond acceptors (Lipinski definition) is 2. The topological polar surface area (TPSA) is 29.5 Å². The number of aryl methyl sites for hydroxylation is 2. The number of hydrogen-bond donors (Lipinski definition) is 1. The summed E-state index contributed by atoms with van der Waals surface area (Å²) in [6, 6.07) is 9.82. The number of ether oxygens (including phenoxy) is 1. The second-order valence-corrected chi connectivity index (χ2v) is 5.97. The number of halogens is 1. The van der Waals surface area contributed by atoms with Crippen LogP contribution < -0.4 is 4.74 Å². The molecular formula is C17H19BrO2. The minimum atomic E-state index is -0.499. The number of aliphatic hydroxyl groups excluding tert-OH is 1. The van der Waals surface area contributed by atoms with Crippen LogP contribution in [0, 0.1) is 20.8 Å². The van der Waals surface area contributed by atoms with Gasteiger partial charge in [-0.25, -0.2) is 0 Å². The molecule has 2 rings (SSSR count). The molecule has 106 valence electrons. The van der Waals surface area contributed by atoms with Gasteiger partial charge < -0.3 is 9.84 Å². The normalized spacial score (nSPS) is 12.3. The van der Waals surface area contributed by atoms with Crippen molar-refractivity contribution in [1.29, 1.82) is 0 Å². The minimum Gasteiger partial charge on any atom is -0.457 e. The molecule has 0 aliphatic rings. The number of rotatable bonds is 3. The fourth-order valence-electron chi connectivity index (χ4n) is 2.11. The van der Waals surface area contributed by atoms with Crippen LogP contribution in [0.5, 0.6) is 11.5 Å². The highest BCUT2D eigenvalue weighted by Crippen LogP contribution is 2.33. The Labute approximate surface area is 128 Å². The Morgan fingerprint density at radius 3 is 2.30 bits per heavy atom. The van der Waals surface area contributed by atoms with E-state index in [1.54, 1.807) is 6.92 Å². The summed E-state index contributed by atoms with van der Waals surface area (Å²) in [5.74, 6) is 1.67. The molecule has 0 saturated heterocycles. The van der Waals surface area contributed by atoms with Crippen LogP contribution in [-0.2, 0) is 0 Å². The molecule has 0 unspecified atom stereocenters. The average molecular weight is 335 g/mol. The van der Waals surface area contributed by atoms with Crippen molar-refractivity contribution in [2.24, 2.45) is 0 Å².